The van der Waals surface area contributed by atoms with Crippen molar-refractivity contribution in [1.82, 2.24) is 15.5 Å². The number of piperidine rings is 1. The molecule has 0 bridgehead atoms. The number of nitrogens with one attached hydrogen (secondary N) is 3. The van der Waals surface area contributed by atoms with Crippen molar-refractivity contribution >= 4 is 17.6 Å². The second-order valence-corrected chi connectivity index (χ2v) is 5.42. The van der Waals surface area contributed by atoms with Crippen LogP contribution in [0.4, 0.5) is 10.5 Å². The van der Waals surface area contributed by atoms with E-state index in [1.54, 1.807) is 38.4 Å². The van der Waals surface area contributed by atoms with Gasteiger partial charge in [0.2, 0.25) is 0 Å². The van der Waals surface area contributed by atoms with Gasteiger partial charge in [0.25, 0.3) is 5.91 Å². The normalized spacial score (nSPS) is 17.9. The molecule has 6 heteroatoms. The van der Waals surface area contributed by atoms with Crippen molar-refractivity contribution in [1.29, 1.82) is 0 Å². The molecule has 6 nitrogen and oxygen atoms in total. The second kappa shape index (κ2) is 7.08. The lowest BCUT2D eigenvalue weighted by molar-refractivity contribution is 0.0930. The van der Waals surface area contributed by atoms with Crippen LogP contribution in [0.2, 0.25) is 0 Å². The van der Waals surface area contributed by atoms with Gasteiger partial charge in [0.15, 0.2) is 0 Å². The molecule has 1 heterocycles. The van der Waals surface area contributed by atoms with Crippen LogP contribution in [0, 0.1) is 0 Å². The van der Waals surface area contributed by atoms with Crippen LogP contribution < -0.4 is 16.0 Å². The van der Waals surface area contributed by atoms with E-state index < -0.39 is 0 Å². The van der Waals surface area contributed by atoms with E-state index in [2.05, 4.69) is 16.0 Å². The van der Waals surface area contributed by atoms with Crippen LogP contribution in [-0.4, -0.2) is 50.1 Å². The quantitative estimate of drug-likeness (QED) is 0.784. The summed E-state index contributed by atoms with van der Waals surface area (Å²) in [7, 11) is 3.34. The Bertz CT molecular complexity index is 510. The molecular weight excluding hydrogens is 268 g/mol. The van der Waals surface area contributed by atoms with Crippen molar-refractivity contribution in [2.45, 2.75) is 18.9 Å². The van der Waals surface area contributed by atoms with E-state index in [4.69, 9.17) is 0 Å². The second-order valence-electron chi connectivity index (χ2n) is 5.42. The van der Waals surface area contributed by atoms with Crippen LogP contribution >= 0.6 is 0 Å². The van der Waals surface area contributed by atoms with Crippen LogP contribution in [0.15, 0.2) is 24.3 Å². The topological polar surface area (TPSA) is 73.5 Å². The predicted molar refractivity (Wildman–Crippen MR) is 82.5 cm³/mol. The summed E-state index contributed by atoms with van der Waals surface area (Å²) >= 11 is 0. The first-order valence-corrected chi connectivity index (χ1v) is 7.16. The fourth-order valence-electron chi connectivity index (χ4n) is 2.22. The molecule has 114 valence electrons. The lowest BCUT2D eigenvalue weighted by Gasteiger charge is -2.23. The minimum atomic E-state index is -0.218. The number of urea groups is 1. The first-order chi connectivity index (χ1) is 10.1. The minimum absolute atomic E-state index is 0.107. The van der Waals surface area contributed by atoms with Gasteiger partial charge in [0, 0.05) is 37.9 Å². The summed E-state index contributed by atoms with van der Waals surface area (Å²) in [6.45, 7) is 1.82. The zero-order valence-corrected chi connectivity index (χ0v) is 12.5. The van der Waals surface area contributed by atoms with E-state index in [1.807, 2.05) is 0 Å². The third kappa shape index (κ3) is 4.46. The van der Waals surface area contributed by atoms with E-state index in [0.717, 1.165) is 25.9 Å². The van der Waals surface area contributed by atoms with E-state index in [-0.39, 0.29) is 18.0 Å². The van der Waals surface area contributed by atoms with Crippen molar-refractivity contribution in [3.63, 3.8) is 0 Å². The van der Waals surface area contributed by atoms with Gasteiger partial charge in [0.05, 0.1) is 0 Å². The summed E-state index contributed by atoms with van der Waals surface area (Å²) in [5, 5.41) is 9.01. The van der Waals surface area contributed by atoms with E-state index in [0.29, 0.717) is 11.3 Å². The maximum Gasteiger partial charge on any atom is 0.321 e. The number of anilines is 1. The van der Waals surface area contributed by atoms with E-state index >= 15 is 0 Å². The fourth-order valence-corrected chi connectivity index (χ4v) is 2.22. The molecule has 3 N–H and O–H groups in total. The summed E-state index contributed by atoms with van der Waals surface area (Å²) in [6, 6.07) is 6.92. The van der Waals surface area contributed by atoms with Gasteiger partial charge in [-0.15, -0.1) is 0 Å². The van der Waals surface area contributed by atoms with E-state index in [9.17, 15) is 9.59 Å². The molecule has 1 atom stereocenters. The average Bonchev–Trinajstić information content (AvgIpc) is 2.48. The Labute approximate surface area is 124 Å². The van der Waals surface area contributed by atoms with Gasteiger partial charge in [-0.3, -0.25) is 4.79 Å². The molecule has 1 aliphatic rings. The molecule has 21 heavy (non-hydrogen) atoms. The number of hydrogen-bond donors (Lipinski definition) is 3. The fraction of sp³-hybridized carbons (Fsp3) is 0.467. The van der Waals surface area contributed by atoms with Gasteiger partial charge in [-0.1, -0.05) is 6.07 Å². The lowest BCUT2D eigenvalue weighted by Crippen LogP contribution is -2.45. The molecule has 1 aromatic carbocycles. The molecule has 1 aliphatic heterocycles. The first-order valence-electron chi connectivity index (χ1n) is 7.16. The van der Waals surface area contributed by atoms with Gasteiger partial charge < -0.3 is 20.9 Å². The van der Waals surface area contributed by atoms with Crippen molar-refractivity contribution in [2.75, 3.05) is 32.5 Å². The number of carbonyl (C=O) groups excluding carboxylic acids is 2. The monoisotopic (exact) mass is 290 g/mol. The Morgan fingerprint density at radius 1 is 1.33 bits per heavy atom. The van der Waals surface area contributed by atoms with Gasteiger partial charge in [-0.2, -0.15) is 0 Å². The van der Waals surface area contributed by atoms with Crippen LogP contribution in [0.1, 0.15) is 23.2 Å². The molecule has 0 saturated carbocycles. The molecule has 0 spiro atoms. The molecule has 1 aromatic rings. The van der Waals surface area contributed by atoms with Crippen molar-refractivity contribution in [3.05, 3.63) is 29.8 Å². The largest absolute Gasteiger partial charge is 0.348 e. The molecule has 1 fully saturated rings. The highest BCUT2D eigenvalue weighted by molar-refractivity contribution is 5.97. The summed E-state index contributed by atoms with van der Waals surface area (Å²) in [4.78, 5) is 25.3. The molecule has 3 amide bonds. The van der Waals surface area contributed by atoms with Crippen LogP contribution in [-0.2, 0) is 0 Å². The predicted octanol–water partition coefficient (Wildman–Crippen LogP) is 1.26. The van der Waals surface area contributed by atoms with Crippen molar-refractivity contribution in [2.24, 2.45) is 0 Å². The SMILES string of the molecule is CN(C)C(=O)Nc1cccc(C(=O)NC2CCCNC2)c1. The molecule has 0 aromatic heterocycles. The number of carbonyl (C=O) groups is 2. The van der Waals surface area contributed by atoms with Crippen LogP contribution in [0.5, 0.6) is 0 Å². The maximum absolute atomic E-state index is 12.2. The lowest BCUT2D eigenvalue weighted by atomic mass is 10.1. The van der Waals surface area contributed by atoms with E-state index in [1.165, 1.54) is 4.90 Å². The molecule has 1 unspecified atom stereocenters. The number of rotatable bonds is 3. The van der Waals surface area contributed by atoms with Gasteiger partial charge in [0.1, 0.15) is 0 Å². The summed E-state index contributed by atoms with van der Waals surface area (Å²) < 4.78 is 0. The van der Waals surface area contributed by atoms with Crippen molar-refractivity contribution < 1.29 is 9.59 Å². The summed E-state index contributed by atoms with van der Waals surface area (Å²) in [5.41, 5.74) is 1.17. The average molecular weight is 290 g/mol. The Hall–Kier alpha value is -2.08. The highest BCUT2D eigenvalue weighted by Crippen LogP contribution is 2.12. The first kappa shape index (κ1) is 15.3. The van der Waals surface area contributed by atoms with Crippen LogP contribution in [0.3, 0.4) is 0 Å². The van der Waals surface area contributed by atoms with Crippen LogP contribution in [0.25, 0.3) is 0 Å². The minimum Gasteiger partial charge on any atom is -0.348 e. The smallest absolute Gasteiger partial charge is 0.321 e. The number of hydrogen-bond acceptors (Lipinski definition) is 3. The summed E-state index contributed by atoms with van der Waals surface area (Å²) in [6.07, 6.45) is 2.07. The number of benzene rings is 1. The molecule has 2 rings (SSSR count). The highest BCUT2D eigenvalue weighted by Gasteiger charge is 2.16. The maximum atomic E-state index is 12.2. The molecule has 0 radical (unpaired) electrons. The highest BCUT2D eigenvalue weighted by atomic mass is 16.2. The Morgan fingerprint density at radius 3 is 2.81 bits per heavy atom. The Balaban J connectivity index is 1.99. The molecule has 0 aliphatic carbocycles. The Kier molecular flexibility index (Phi) is 5.16. The molecule has 1 saturated heterocycles. The third-order valence-corrected chi connectivity index (χ3v) is 3.41. The van der Waals surface area contributed by atoms with Gasteiger partial charge in [-0.25, -0.2) is 4.79 Å². The third-order valence-electron chi connectivity index (χ3n) is 3.41. The number of amides is 3. The summed E-state index contributed by atoms with van der Waals surface area (Å²) in [5.74, 6) is -0.107. The van der Waals surface area contributed by atoms with Gasteiger partial charge in [-0.05, 0) is 37.6 Å². The zero-order valence-electron chi connectivity index (χ0n) is 12.5. The van der Waals surface area contributed by atoms with Crippen molar-refractivity contribution in [3.8, 4) is 0 Å². The number of nitrogens with zero attached hydrogens (tertiary/aromatic N) is 1. The Morgan fingerprint density at radius 2 is 2.14 bits per heavy atom. The molecular formula is C15H22N4O2. The standard InChI is InChI=1S/C15H22N4O2/c1-19(2)15(21)18-12-6-3-5-11(9-12)14(20)17-13-7-4-8-16-10-13/h3,5-6,9,13,16H,4,7-8,10H2,1-2H3,(H,17,20)(H,18,21). The zero-order chi connectivity index (χ0) is 15.2. The van der Waals surface area contributed by atoms with Gasteiger partial charge >= 0.3 is 6.03 Å².